The lowest BCUT2D eigenvalue weighted by Gasteiger charge is -2.22. The number of nitrogens with zero attached hydrogens (tertiary/aromatic N) is 1. The average Bonchev–Trinajstić information content (AvgIpc) is 2.97. The zero-order valence-electron chi connectivity index (χ0n) is 16.6. The Labute approximate surface area is 165 Å². The Balaban J connectivity index is 1.87. The number of nitrogens with one attached hydrogen (secondary N) is 2. The number of carbonyl (C=O) groups excluding carboxylic acids is 3. The van der Waals surface area contributed by atoms with E-state index < -0.39 is 12.1 Å². The number of hydrogen-bond donors (Lipinski definition) is 3. The van der Waals surface area contributed by atoms with Crippen molar-refractivity contribution < 1.29 is 24.2 Å². The van der Waals surface area contributed by atoms with Crippen LogP contribution in [0.15, 0.2) is 24.3 Å². The second-order valence-electron chi connectivity index (χ2n) is 7.06. The second-order valence-corrected chi connectivity index (χ2v) is 7.06. The van der Waals surface area contributed by atoms with Gasteiger partial charge in [0.05, 0.1) is 26.3 Å². The fraction of sp³-hybridized carbons (Fsp3) is 0.550. The number of benzene rings is 1. The van der Waals surface area contributed by atoms with Crippen LogP contribution in [0.3, 0.4) is 0 Å². The molecule has 8 heteroatoms. The van der Waals surface area contributed by atoms with Crippen molar-refractivity contribution in [2.75, 3.05) is 13.7 Å². The number of aliphatic hydroxyl groups excluding tert-OH is 1. The van der Waals surface area contributed by atoms with Gasteiger partial charge in [-0.1, -0.05) is 32.4 Å². The first-order valence-corrected chi connectivity index (χ1v) is 9.54. The second kappa shape index (κ2) is 10.1. The molecule has 4 amide bonds. The van der Waals surface area contributed by atoms with Crippen LogP contribution in [-0.4, -0.2) is 53.7 Å². The van der Waals surface area contributed by atoms with Gasteiger partial charge in [-0.2, -0.15) is 0 Å². The van der Waals surface area contributed by atoms with Gasteiger partial charge in [0.25, 0.3) is 5.91 Å². The van der Waals surface area contributed by atoms with Crippen LogP contribution in [0, 0.1) is 5.92 Å². The van der Waals surface area contributed by atoms with Crippen LogP contribution in [-0.2, 0) is 16.1 Å². The smallest absolute Gasteiger partial charge is 0.325 e. The molecule has 1 aliphatic rings. The summed E-state index contributed by atoms with van der Waals surface area (Å²) in [4.78, 5) is 38.0. The van der Waals surface area contributed by atoms with Gasteiger partial charge >= 0.3 is 6.03 Å². The molecular weight excluding hydrogens is 362 g/mol. The van der Waals surface area contributed by atoms with E-state index in [1.807, 2.05) is 13.8 Å². The number of carbonyl (C=O) groups is 3. The number of urea groups is 1. The molecular formula is C20H29N3O5. The molecule has 2 rings (SSSR count). The molecule has 1 saturated heterocycles. The van der Waals surface area contributed by atoms with E-state index in [1.54, 1.807) is 31.4 Å². The van der Waals surface area contributed by atoms with E-state index in [9.17, 15) is 19.5 Å². The Morgan fingerprint density at radius 3 is 2.57 bits per heavy atom. The van der Waals surface area contributed by atoms with Gasteiger partial charge in [0.15, 0.2) is 0 Å². The van der Waals surface area contributed by atoms with Crippen molar-refractivity contribution in [2.45, 2.75) is 51.7 Å². The summed E-state index contributed by atoms with van der Waals surface area (Å²) in [7, 11) is 1.57. The third-order valence-electron chi connectivity index (χ3n) is 5.14. The fourth-order valence-corrected chi connectivity index (χ4v) is 3.04. The summed E-state index contributed by atoms with van der Waals surface area (Å²) in [5.74, 6) is 0.273. The molecule has 8 nitrogen and oxygen atoms in total. The lowest BCUT2D eigenvalue weighted by molar-refractivity contribution is -0.128. The van der Waals surface area contributed by atoms with Gasteiger partial charge in [-0.05, 0) is 30.0 Å². The molecule has 1 heterocycles. The average molecular weight is 391 g/mol. The molecule has 0 aromatic heterocycles. The lowest BCUT2D eigenvalue weighted by Crippen LogP contribution is -2.42. The molecule has 1 aromatic carbocycles. The Morgan fingerprint density at radius 2 is 2.00 bits per heavy atom. The Morgan fingerprint density at radius 1 is 1.32 bits per heavy atom. The van der Waals surface area contributed by atoms with Crippen LogP contribution >= 0.6 is 0 Å². The van der Waals surface area contributed by atoms with E-state index in [-0.39, 0.29) is 49.8 Å². The molecule has 154 valence electrons. The predicted octanol–water partition coefficient (Wildman–Crippen LogP) is 1.42. The van der Waals surface area contributed by atoms with Crippen LogP contribution < -0.4 is 15.4 Å². The molecule has 3 atom stereocenters. The number of amides is 4. The monoisotopic (exact) mass is 391 g/mol. The molecule has 3 N–H and O–H groups in total. The van der Waals surface area contributed by atoms with Crippen LogP contribution in [0.5, 0.6) is 5.75 Å². The molecule has 0 bridgehead atoms. The Bertz CT molecular complexity index is 692. The molecule has 0 saturated carbocycles. The van der Waals surface area contributed by atoms with Crippen LogP contribution in [0.25, 0.3) is 0 Å². The highest BCUT2D eigenvalue weighted by Crippen LogP contribution is 2.17. The first-order chi connectivity index (χ1) is 13.4. The van der Waals surface area contributed by atoms with Crippen LogP contribution in [0.2, 0.25) is 0 Å². The molecule has 1 aromatic rings. The van der Waals surface area contributed by atoms with E-state index >= 15 is 0 Å². The third kappa shape index (κ3) is 5.45. The van der Waals surface area contributed by atoms with Gasteiger partial charge in [0, 0.05) is 6.42 Å². The zero-order valence-corrected chi connectivity index (χ0v) is 16.6. The van der Waals surface area contributed by atoms with E-state index in [2.05, 4.69) is 10.6 Å². The van der Waals surface area contributed by atoms with E-state index in [0.717, 1.165) is 16.9 Å². The predicted molar refractivity (Wildman–Crippen MR) is 104 cm³/mol. The standard InChI is InChI=1S/C20H29N3O5/c1-4-13(2)17(12-24)21-18(25)10-9-16-19(26)23(20(27)22-16)11-14-5-7-15(28-3)8-6-14/h5-8,13,16-17,24H,4,9-12H2,1-3H3,(H,21,25)(H,22,27)/t13-,16-,17+/m0/s1. The minimum atomic E-state index is -0.715. The maximum Gasteiger partial charge on any atom is 0.325 e. The summed E-state index contributed by atoms with van der Waals surface area (Å²) in [6, 6.07) is 5.65. The normalized spacial score (nSPS) is 18.6. The van der Waals surface area contributed by atoms with Crippen molar-refractivity contribution in [3.63, 3.8) is 0 Å². The van der Waals surface area contributed by atoms with Crippen molar-refractivity contribution >= 4 is 17.8 Å². The maximum atomic E-state index is 12.5. The van der Waals surface area contributed by atoms with Gasteiger partial charge in [-0.25, -0.2) is 4.79 Å². The summed E-state index contributed by atoms with van der Waals surface area (Å²) < 4.78 is 5.10. The summed E-state index contributed by atoms with van der Waals surface area (Å²) in [5.41, 5.74) is 0.807. The number of methoxy groups -OCH3 is 1. The first-order valence-electron chi connectivity index (χ1n) is 9.54. The number of hydrogen-bond acceptors (Lipinski definition) is 5. The van der Waals surface area contributed by atoms with E-state index in [1.165, 1.54) is 0 Å². The topological polar surface area (TPSA) is 108 Å². The molecule has 1 aliphatic heterocycles. The van der Waals surface area contributed by atoms with E-state index in [0.29, 0.717) is 5.75 Å². The highest BCUT2D eigenvalue weighted by atomic mass is 16.5. The minimum Gasteiger partial charge on any atom is -0.497 e. The SMILES string of the molecule is CC[C@H](C)[C@@H](CO)NC(=O)CC[C@@H]1NC(=O)N(Cc2ccc(OC)cc2)C1=O. The highest BCUT2D eigenvalue weighted by molar-refractivity contribution is 6.04. The number of ether oxygens (including phenoxy) is 1. The molecule has 28 heavy (non-hydrogen) atoms. The van der Waals surface area contributed by atoms with Crippen molar-refractivity contribution in [3.8, 4) is 5.75 Å². The van der Waals surface area contributed by atoms with Gasteiger partial charge in [0.1, 0.15) is 11.8 Å². The van der Waals surface area contributed by atoms with Gasteiger partial charge in [-0.3, -0.25) is 14.5 Å². The Kier molecular flexibility index (Phi) is 7.80. The molecule has 1 fully saturated rings. The van der Waals surface area contributed by atoms with Gasteiger partial charge < -0.3 is 20.5 Å². The lowest BCUT2D eigenvalue weighted by atomic mass is 9.99. The van der Waals surface area contributed by atoms with E-state index in [4.69, 9.17) is 4.74 Å². The quantitative estimate of drug-likeness (QED) is 0.523. The van der Waals surface area contributed by atoms with Crippen molar-refractivity contribution in [3.05, 3.63) is 29.8 Å². The number of aliphatic hydroxyl groups is 1. The molecule has 0 radical (unpaired) electrons. The summed E-state index contributed by atoms with van der Waals surface area (Å²) in [5, 5.41) is 14.8. The fourth-order valence-electron chi connectivity index (χ4n) is 3.04. The van der Waals surface area contributed by atoms with Crippen molar-refractivity contribution in [1.82, 2.24) is 15.5 Å². The van der Waals surface area contributed by atoms with Gasteiger partial charge in [0.2, 0.25) is 5.91 Å². The Hall–Kier alpha value is -2.61. The number of rotatable bonds is 10. The summed E-state index contributed by atoms with van der Waals surface area (Å²) in [6.45, 7) is 3.98. The van der Waals surface area contributed by atoms with Crippen molar-refractivity contribution in [1.29, 1.82) is 0 Å². The highest BCUT2D eigenvalue weighted by Gasteiger charge is 2.37. The molecule has 0 spiro atoms. The molecule has 0 unspecified atom stereocenters. The van der Waals surface area contributed by atoms with Crippen LogP contribution in [0.1, 0.15) is 38.7 Å². The third-order valence-corrected chi connectivity index (χ3v) is 5.14. The maximum absolute atomic E-state index is 12.5. The zero-order chi connectivity index (χ0) is 20.7. The number of imide groups is 1. The van der Waals surface area contributed by atoms with Gasteiger partial charge in [-0.15, -0.1) is 0 Å². The first kappa shape index (κ1) is 21.7. The van der Waals surface area contributed by atoms with Crippen molar-refractivity contribution in [2.24, 2.45) is 5.92 Å². The molecule has 0 aliphatic carbocycles. The largest absolute Gasteiger partial charge is 0.497 e. The van der Waals surface area contributed by atoms with Crippen LogP contribution in [0.4, 0.5) is 4.79 Å². The minimum absolute atomic E-state index is 0.0972. The summed E-state index contributed by atoms with van der Waals surface area (Å²) >= 11 is 0. The summed E-state index contributed by atoms with van der Waals surface area (Å²) in [6.07, 6.45) is 1.15.